The third kappa shape index (κ3) is 5.09. The zero-order valence-electron chi connectivity index (χ0n) is 11.8. The Morgan fingerprint density at radius 1 is 1.32 bits per heavy atom. The number of carbonyl (C=O) groups excluding carboxylic acids is 1. The van der Waals surface area contributed by atoms with Gasteiger partial charge in [-0.3, -0.25) is 9.52 Å². The van der Waals surface area contributed by atoms with Gasteiger partial charge in [0.25, 0.3) is 0 Å². The number of hydrogen-bond acceptors (Lipinski definition) is 4. The molecule has 1 heterocycles. The van der Waals surface area contributed by atoms with E-state index >= 15 is 0 Å². The first-order valence-electron chi connectivity index (χ1n) is 6.42. The number of hydrogen-bond donors (Lipinski definition) is 2. The quantitative estimate of drug-likeness (QED) is 0.844. The molecular weight excluding hydrogens is 328 g/mol. The molecule has 0 fully saturated rings. The van der Waals surface area contributed by atoms with Crippen LogP contribution in [-0.2, 0) is 21.2 Å². The lowest BCUT2D eigenvalue weighted by Crippen LogP contribution is -2.13. The highest BCUT2D eigenvalue weighted by molar-refractivity contribution is 7.92. The van der Waals surface area contributed by atoms with Crippen LogP contribution in [0.2, 0.25) is 5.02 Å². The Morgan fingerprint density at radius 3 is 2.68 bits per heavy atom. The van der Waals surface area contributed by atoms with Gasteiger partial charge in [0.2, 0.25) is 15.9 Å². The highest BCUT2D eigenvalue weighted by atomic mass is 35.5. The molecule has 0 bridgehead atoms. The molecule has 0 aliphatic heterocycles. The monoisotopic (exact) mass is 342 g/mol. The van der Waals surface area contributed by atoms with Crippen molar-refractivity contribution < 1.29 is 17.6 Å². The fourth-order valence-corrected chi connectivity index (χ4v) is 2.65. The average molecular weight is 343 g/mol. The number of furan rings is 1. The van der Waals surface area contributed by atoms with Crippen LogP contribution in [0.5, 0.6) is 0 Å². The van der Waals surface area contributed by atoms with Crippen LogP contribution in [0.1, 0.15) is 12.0 Å². The average Bonchev–Trinajstić information content (AvgIpc) is 2.91. The summed E-state index contributed by atoms with van der Waals surface area (Å²) < 4.78 is 29.6. The fraction of sp³-hybridized carbons (Fsp3) is 0.214. The minimum Gasteiger partial charge on any atom is -0.472 e. The van der Waals surface area contributed by atoms with E-state index in [1.165, 1.54) is 12.1 Å². The fourth-order valence-electron chi connectivity index (χ4n) is 1.79. The summed E-state index contributed by atoms with van der Waals surface area (Å²) in [5, 5.41) is 2.91. The second kappa shape index (κ2) is 6.85. The van der Waals surface area contributed by atoms with Crippen LogP contribution < -0.4 is 10.0 Å². The van der Waals surface area contributed by atoms with Gasteiger partial charge in [-0.2, -0.15) is 0 Å². The summed E-state index contributed by atoms with van der Waals surface area (Å²) in [5.74, 6) is -0.166. The van der Waals surface area contributed by atoms with Crippen LogP contribution >= 0.6 is 11.6 Å². The highest BCUT2D eigenvalue weighted by Crippen LogP contribution is 2.26. The first-order valence-corrected chi connectivity index (χ1v) is 8.69. The molecular formula is C14H15ClN2O4S. The number of anilines is 2. The Kier molecular flexibility index (Phi) is 5.10. The lowest BCUT2D eigenvalue weighted by atomic mass is 10.2. The minimum absolute atomic E-state index is 0.166. The van der Waals surface area contributed by atoms with Crippen molar-refractivity contribution in [3.63, 3.8) is 0 Å². The molecule has 0 saturated heterocycles. The van der Waals surface area contributed by atoms with Gasteiger partial charge in [0.1, 0.15) is 0 Å². The molecule has 118 valence electrons. The molecule has 0 aliphatic rings. The molecule has 0 spiro atoms. The van der Waals surface area contributed by atoms with Crippen LogP contribution in [0.15, 0.2) is 41.2 Å². The Morgan fingerprint density at radius 2 is 2.09 bits per heavy atom. The number of benzene rings is 1. The van der Waals surface area contributed by atoms with Crippen molar-refractivity contribution in [2.75, 3.05) is 16.3 Å². The van der Waals surface area contributed by atoms with E-state index in [4.69, 9.17) is 16.0 Å². The van der Waals surface area contributed by atoms with Crippen molar-refractivity contribution in [3.05, 3.63) is 47.4 Å². The molecule has 2 N–H and O–H groups in total. The largest absolute Gasteiger partial charge is 0.472 e. The van der Waals surface area contributed by atoms with Crippen molar-refractivity contribution in [2.24, 2.45) is 0 Å². The van der Waals surface area contributed by atoms with Gasteiger partial charge in [0, 0.05) is 12.1 Å². The van der Waals surface area contributed by atoms with Crippen LogP contribution in [0.25, 0.3) is 0 Å². The summed E-state index contributed by atoms with van der Waals surface area (Å²) in [6.07, 6.45) is 5.06. The molecule has 22 heavy (non-hydrogen) atoms. The normalized spacial score (nSPS) is 11.2. The third-order valence-electron chi connectivity index (χ3n) is 2.77. The number of rotatable bonds is 6. The van der Waals surface area contributed by atoms with E-state index in [1.807, 2.05) is 0 Å². The number of amides is 1. The summed E-state index contributed by atoms with van der Waals surface area (Å²) in [5.41, 5.74) is 1.71. The number of nitrogens with one attached hydrogen (secondary N) is 2. The smallest absolute Gasteiger partial charge is 0.229 e. The van der Waals surface area contributed by atoms with Crippen molar-refractivity contribution in [1.82, 2.24) is 0 Å². The molecule has 0 radical (unpaired) electrons. The maximum Gasteiger partial charge on any atom is 0.229 e. The molecule has 2 aromatic rings. The number of sulfonamides is 1. The van der Waals surface area contributed by atoms with E-state index in [0.29, 0.717) is 18.5 Å². The SMILES string of the molecule is CS(=O)(=O)Nc1ccc(NC(=O)CCc2ccoc2)cc1Cl. The Balaban J connectivity index is 1.95. The molecule has 0 aliphatic carbocycles. The lowest BCUT2D eigenvalue weighted by molar-refractivity contribution is -0.116. The lowest BCUT2D eigenvalue weighted by Gasteiger charge is -2.09. The molecule has 8 heteroatoms. The van der Waals surface area contributed by atoms with E-state index < -0.39 is 10.0 Å². The predicted molar refractivity (Wildman–Crippen MR) is 85.6 cm³/mol. The molecule has 6 nitrogen and oxygen atoms in total. The molecule has 1 amide bonds. The van der Waals surface area contributed by atoms with Gasteiger partial charge in [0.15, 0.2) is 0 Å². The molecule has 1 aromatic carbocycles. The van der Waals surface area contributed by atoms with Crippen LogP contribution in [0.4, 0.5) is 11.4 Å². The van der Waals surface area contributed by atoms with Crippen LogP contribution in [-0.4, -0.2) is 20.6 Å². The van der Waals surface area contributed by atoms with E-state index in [0.717, 1.165) is 11.8 Å². The summed E-state index contributed by atoms with van der Waals surface area (Å²) in [6.45, 7) is 0. The maximum absolute atomic E-state index is 11.8. The summed E-state index contributed by atoms with van der Waals surface area (Å²) in [7, 11) is -3.40. The van der Waals surface area contributed by atoms with Crippen molar-refractivity contribution in [3.8, 4) is 0 Å². The van der Waals surface area contributed by atoms with Gasteiger partial charge in [-0.05, 0) is 36.2 Å². The van der Waals surface area contributed by atoms with E-state index in [2.05, 4.69) is 10.0 Å². The van der Waals surface area contributed by atoms with E-state index in [9.17, 15) is 13.2 Å². The molecule has 0 saturated carbocycles. The van der Waals surface area contributed by atoms with Gasteiger partial charge < -0.3 is 9.73 Å². The van der Waals surface area contributed by atoms with Gasteiger partial charge >= 0.3 is 0 Å². The Labute approximate surface area is 133 Å². The van der Waals surface area contributed by atoms with Gasteiger partial charge in [0.05, 0.1) is 29.5 Å². The second-order valence-electron chi connectivity index (χ2n) is 4.75. The van der Waals surface area contributed by atoms with E-state index in [1.54, 1.807) is 24.7 Å². The Bertz CT molecular complexity index is 757. The van der Waals surface area contributed by atoms with Gasteiger partial charge in [-0.25, -0.2) is 8.42 Å². The topological polar surface area (TPSA) is 88.4 Å². The summed E-state index contributed by atoms with van der Waals surface area (Å²) in [6, 6.07) is 6.37. The first-order chi connectivity index (χ1) is 10.3. The zero-order chi connectivity index (χ0) is 16.2. The minimum atomic E-state index is -3.40. The molecule has 2 rings (SSSR count). The number of aryl methyl sites for hydroxylation is 1. The molecule has 1 aromatic heterocycles. The molecule has 0 atom stereocenters. The zero-order valence-corrected chi connectivity index (χ0v) is 13.4. The van der Waals surface area contributed by atoms with Crippen molar-refractivity contribution >= 4 is 38.9 Å². The first kappa shape index (κ1) is 16.4. The van der Waals surface area contributed by atoms with Gasteiger partial charge in [-0.15, -0.1) is 0 Å². The summed E-state index contributed by atoms with van der Waals surface area (Å²) in [4.78, 5) is 11.8. The molecule has 0 unspecified atom stereocenters. The number of carbonyl (C=O) groups is 1. The van der Waals surface area contributed by atoms with Gasteiger partial charge in [-0.1, -0.05) is 11.6 Å². The van der Waals surface area contributed by atoms with Crippen LogP contribution in [0.3, 0.4) is 0 Å². The number of halogens is 1. The highest BCUT2D eigenvalue weighted by Gasteiger charge is 2.09. The maximum atomic E-state index is 11.8. The summed E-state index contributed by atoms with van der Waals surface area (Å²) >= 11 is 5.99. The van der Waals surface area contributed by atoms with E-state index in [-0.39, 0.29) is 16.6 Å². The standard InChI is InChI=1S/C14H15ClN2O4S/c1-22(19,20)17-13-4-3-11(8-12(13)15)16-14(18)5-2-10-6-7-21-9-10/h3-4,6-9,17H,2,5H2,1H3,(H,16,18). The second-order valence-corrected chi connectivity index (χ2v) is 6.90. The van der Waals surface area contributed by atoms with Crippen molar-refractivity contribution in [1.29, 1.82) is 0 Å². The third-order valence-corrected chi connectivity index (χ3v) is 3.67. The van der Waals surface area contributed by atoms with Crippen LogP contribution in [0, 0.1) is 0 Å². The Hall–Kier alpha value is -1.99. The van der Waals surface area contributed by atoms with Crippen molar-refractivity contribution in [2.45, 2.75) is 12.8 Å². The predicted octanol–water partition coefficient (Wildman–Crippen LogP) is 2.88.